The highest BCUT2D eigenvalue weighted by molar-refractivity contribution is 5.94. The number of rotatable bonds is 6. The molecule has 2 aromatic rings. The molecule has 0 bridgehead atoms. The van der Waals surface area contributed by atoms with Crippen LogP contribution in [0.4, 0.5) is 8.78 Å². The molecule has 2 aliphatic rings. The van der Waals surface area contributed by atoms with E-state index >= 15 is 0 Å². The summed E-state index contributed by atoms with van der Waals surface area (Å²) >= 11 is 0. The summed E-state index contributed by atoms with van der Waals surface area (Å²) in [7, 11) is 0. The lowest BCUT2D eigenvalue weighted by Gasteiger charge is -2.34. The molecular weight excluding hydrogens is 432 g/mol. The van der Waals surface area contributed by atoms with Gasteiger partial charge in [0.15, 0.2) is 0 Å². The molecule has 1 aromatic carbocycles. The zero-order valence-corrected chi connectivity index (χ0v) is 18.7. The lowest BCUT2D eigenvalue weighted by atomic mass is 9.95. The number of carbonyl (C=O) groups is 2. The first-order valence-electron chi connectivity index (χ1n) is 11.3. The Bertz CT molecular complexity index is 982. The van der Waals surface area contributed by atoms with Crippen LogP contribution < -0.4 is 5.32 Å². The van der Waals surface area contributed by atoms with E-state index in [1.807, 2.05) is 19.1 Å². The quantitative estimate of drug-likeness (QED) is 0.716. The fraction of sp³-hybridized carbons (Fsp3) is 0.500. The van der Waals surface area contributed by atoms with E-state index < -0.39 is 17.5 Å². The van der Waals surface area contributed by atoms with Gasteiger partial charge in [-0.2, -0.15) is 0 Å². The second-order valence-corrected chi connectivity index (χ2v) is 8.55. The van der Waals surface area contributed by atoms with Crippen LogP contribution in [0, 0.1) is 24.5 Å². The Balaban J connectivity index is 1.32. The number of carbonyl (C=O) groups excluding carboxylic acids is 2. The number of likely N-dealkylation sites (tertiary alicyclic amines) is 1. The Morgan fingerprint density at radius 3 is 2.45 bits per heavy atom. The highest BCUT2D eigenvalue weighted by Crippen LogP contribution is 2.25. The van der Waals surface area contributed by atoms with Gasteiger partial charge in [0, 0.05) is 44.7 Å². The van der Waals surface area contributed by atoms with Crippen molar-refractivity contribution in [2.24, 2.45) is 5.92 Å². The molecule has 178 valence electrons. The van der Waals surface area contributed by atoms with Crippen LogP contribution in [0.1, 0.15) is 40.8 Å². The summed E-state index contributed by atoms with van der Waals surface area (Å²) in [6.45, 7) is 5.82. The van der Waals surface area contributed by atoms with Crippen LogP contribution in [0.25, 0.3) is 0 Å². The second kappa shape index (κ2) is 10.4. The van der Waals surface area contributed by atoms with Crippen LogP contribution in [0.3, 0.4) is 0 Å². The smallest absolute Gasteiger partial charge is 0.256 e. The van der Waals surface area contributed by atoms with Crippen LogP contribution in [-0.4, -0.2) is 67.6 Å². The maximum atomic E-state index is 14.0. The topological polar surface area (TPSA) is 75.0 Å². The van der Waals surface area contributed by atoms with Gasteiger partial charge in [0.25, 0.3) is 5.91 Å². The zero-order chi connectivity index (χ0) is 23.4. The number of halogens is 2. The van der Waals surface area contributed by atoms with Gasteiger partial charge in [0.1, 0.15) is 23.2 Å². The van der Waals surface area contributed by atoms with Crippen molar-refractivity contribution < 1.29 is 27.5 Å². The molecule has 0 aliphatic carbocycles. The van der Waals surface area contributed by atoms with Crippen molar-refractivity contribution in [2.45, 2.75) is 25.8 Å². The van der Waals surface area contributed by atoms with E-state index in [0.717, 1.165) is 36.7 Å². The molecule has 2 aliphatic heterocycles. The predicted molar refractivity (Wildman–Crippen MR) is 117 cm³/mol. The van der Waals surface area contributed by atoms with E-state index in [4.69, 9.17) is 9.15 Å². The maximum absolute atomic E-state index is 14.0. The van der Waals surface area contributed by atoms with Gasteiger partial charge in [-0.05, 0) is 44.0 Å². The van der Waals surface area contributed by atoms with Crippen LogP contribution in [-0.2, 0) is 9.53 Å². The van der Waals surface area contributed by atoms with Crippen molar-refractivity contribution in [1.29, 1.82) is 0 Å². The standard InChI is InChI=1S/C24H29F2N3O4/c1-16-2-5-22(33-16)21(28-10-12-32-13-11-28)15-27-23(30)17-6-8-29(9-7-17)24(31)19-4-3-18(25)14-20(19)26/h2-5,14,17,21H,6-13,15H2,1H3,(H,27,30). The summed E-state index contributed by atoms with van der Waals surface area (Å²) in [4.78, 5) is 29.2. The summed E-state index contributed by atoms with van der Waals surface area (Å²) in [6.07, 6.45) is 0.977. The molecule has 2 saturated heterocycles. The molecule has 0 radical (unpaired) electrons. The second-order valence-electron chi connectivity index (χ2n) is 8.55. The third-order valence-electron chi connectivity index (χ3n) is 6.36. The number of nitrogens with one attached hydrogen (secondary N) is 1. The van der Waals surface area contributed by atoms with Crippen molar-refractivity contribution in [1.82, 2.24) is 15.1 Å². The van der Waals surface area contributed by atoms with Gasteiger partial charge in [-0.15, -0.1) is 0 Å². The molecule has 3 heterocycles. The first-order valence-corrected chi connectivity index (χ1v) is 11.3. The molecule has 1 atom stereocenters. The largest absolute Gasteiger partial charge is 0.465 e. The van der Waals surface area contributed by atoms with E-state index in [2.05, 4.69) is 10.2 Å². The third-order valence-corrected chi connectivity index (χ3v) is 6.36. The normalized spacial score (nSPS) is 18.8. The molecule has 0 spiro atoms. The summed E-state index contributed by atoms with van der Waals surface area (Å²) in [5.41, 5.74) is -0.151. The predicted octanol–water partition coefficient (Wildman–Crippen LogP) is 2.91. The van der Waals surface area contributed by atoms with Crippen LogP contribution in [0.2, 0.25) is 0 Å². The number of hydrogen-bond donors (Lipinski definition) is 1. The van der Waals surface area contributed by atoms with Crippen molar-refractivity contribution in [2.75, 3.05) is 45.9 Å². The number of morpholine rings is 1. The first-order chi connectivity index (χ1) is 15.9. The van der Waals surface area contributed by atoms with Crippen molar-refractivity contribution in [3.8, 4) is 0 Å². The van der Waals surface area contributed by atoms with Crippen molar-refractivity contribution in [3.05, 3.63) is 59.1 Å². The number of aryl methyl sites for hydroxylation is 1. The number of amides is 2. The SMILES string of the molecule is Cc1ccc(C(CNC(=O)C2CCN(C(=O)c3ccc(F)cc3F)CC2)N2CCOCC2)o1. The maximum Gasteiger partial charge on any atom is 0.256 e. The summed E-state index contributed by atoms with van der Waals surface area (Å²) in [5.74, 6) is -0.721. The minimum atomic E-state index is -0.873. The molecule has 33 heavy (non-hydrogen) atoms. The molecule has 1 unspecified atom stereocenters. The van der Waals surface area contributed by atoms with Crippen LogP contribution in [0.5, 0.6) is 0 Å². The number of benzene rings is 1. The van der Waals surface area contributed by atoms with E-state index in [-0.39, 0.29) is 23.4 Å². The van der Waals surface area contributed by atoms with E-state index in [0.29, 0.717) is 51.8 Å². The molecule has 1 N–H and O–H groups in total. The Kier molecular flexibility index (Phi) is 7.39. The molecule has 2 amide bonds. The van der Waals surface area contributed by atoms with Gasteiger partial charge in [-0.3, -0.25) is 14.5 Å². The third kappa shape index (κ3) is 5.59. The average Bonchev–Trinajstić information content (AvgIpc) is 3.25. The highest BCUT2D eigenvalue weighted by atomic mass is 19.1. The fourth-order valence-corrected chi connectivity index (χ4v) is 4.45. The van der Waals surface area contributed by atoms with E-state index in [1.165, 1.54) is 4.90 Å². The van der Waals surface area contributed by atoms with Crippen molar-refractivity contribution in [3.63, 3.8) is 0 Å². The summed E-state index contributed by atoms with van der Waals surface area (Å²) in [6, 6.07) is 6.73. The molecular formula is C24H29F2N3O4. The Morgan fingerprint density at radius 1 is 1.09 bits per heavy atom. The lowest BCUT2D eigenvalue weighted by Crippen LogP contribution is -2.46. The minimum absolute atomic E-state index is 0.0587. The minimum Gasteiger partial charge on any atom is -0.465 e. The van der Waals surface area contributed by atoms with E-state index in [1.54, 1.807) is 0 Å². The first kappa shape index (κ1) is 23.4. The number of ether oxygens (including phenoxy) is 1. The van der Waals surface area contributed by atoms with Crippen LogP contribution in [0.15, 0.2) is 34.7 Å². The van der Waals surface area contributed by atoms with Gasteiger partial charge in [0.05, 0.1) is 24.8 Å². The average molecular weight is 462 g/mol. The molecule has 4 rings (SSSR count). The highest BCUT2D eigenvalue weighted by Gasteiger charge is 2.31. The Morgan fingerprint density at radius 2 is 1.82 bits per heavy atom. The molecule has 7 nitrogen and oxygen atoms in total. The molecule has 1 aromatic heterocycles. The van der Waals surface area contributed by atoms with Gasteiger partial charge in [0.2, 0.25) is 5.91 Å². The Hall–Kier alpha value is -2.78. The van der Waals surface area contributed by atoms with Gasteiger partial charge < -0.3 is 19.4 Å². The number of furan rings is 1. The van der Waals surface area contributed by atoms with Crippen molar-refractivity contribution >= 4 is 11.8 Å². The zero-order valence-electron chi connectivity index (χ0n) is 18.7. The monoisotopic (exact) mass is 461 g/mol. The van der Waals surface area contributed by atoms with Gasteiger partial charge in [-0.1, -0.05) is 0 Å². The number of hydrogen-bond acceptors (Lipinski definition) is 5. The Labute approximate surface area is 191 Å². The van der Waals surface area contributed by atoms with Gasteiger partial charge in [-0.25, -0.2) is 8.78 Å². The lowest BCUT2D eigenvalue weighted by molar-refractivity contribution is -0.126. The summed E-state index contributed by atoms with van der Waals surface area (Å²) < 4.78 is 38.4. The van der Waals surface area contributed by atoms with E-state index in [9.17, 15) is 18.4 Å². The molecule has 0 saturated carbocycles. The number of piperidine rings is 1. The summed E-state index contributed by atoms with van der Waals surface area (Å²) in [5, 5.41) is 3.06. The molecule has 9 heteroatoms. The van der Waals surface area contributed by atoms with Crippen LogP contribution >= 0.6 is 0 Å². The molecule has 2 fully saturated rings. The number of nitrogens with zero attached hydrogens (tertiary/aromatic N) is 2. The fourth-order valence-electron chi connectivity index (χ4n) is 4.45. The van der Waals surface area contributed by atoms with Gasteiger partial charge >= 0.3 is 0 Å².